The highest BCUT2D eigenvalue weighted by Gasteiger charge is 2.33. The summed E-state index contributed by atoms with van der Waals surface area (Å²) in [5, 5.41) is 13.2. The van der Waals surface area contributed by atoms with Crippen LogP contribution in [0, 0.1) is 11.3 Å². The van der Waals surface area contributed by atoms with Crippen molar-refractivity contribution in [1.82, 2.24) is 9.97 Å². The monoisotopic (exact) mass is 382 g/mol. The van der Waals surface area contributed by atoms with Gasteiger partial charge in [-0.1, -0.05) is 23.7 Å². The number of nitriles is 1. The predicted octanol–water partition coefficient (Wildman–Crippen LogP) is 2.66. The predicted molar refractivity (Wildman–Crippen MR) is 105 cm³/mol. The molecule has 0 spiro atoms. The van der Waals surface area contributed by atoms with Crippen LogP contribution in [0.4, 0.5) is 11.8 Å². The van der Waals surface area contributed by atoms with Crippen LogP contribution in [0.1, 0.15) is 36.3 Å². The van der Waals surface area contributed by atoms with Gasteiger partial charge in [-0.2, -0.15) is 10.2 Å². The molecule has 0 saturated carbocycles. The number of aromatic nitrogens is 2. The largest absolute Gasteiger partial charge is 0.384 e. The molecule has 2 aromatic rings. The van der Waals surface area contributed by atoms with E-state index in [-0.39, 0.29) is 11.4 Å². The lowest BCUT2D eigenvalue weighted by Crippen LogP contribution is -2.36. The number of hydrogen-bond acceptors (Lipinski definition) is 6. The Balaban J connectivity index is 1.85. The molecule has 27 heavy (non-hydrogen) atoms. The van der Waals surface area contributed by atoms with Gasteiger partial charge in [0, 0.05) is 18.1 Å². The first-order valence-electron chi connectivity index (χ1n) is 8.90. The quantitative estimate of drug-likeness (QED) is 0.736. The van der Waals surface area contributed by atoms with E-state index >= 15 is 0 Å². The Hall–Kier alpha value is -2.98. The van der Waals surface area contributed by atoms with Crippen molar-refractivity contribution in [3.05, 3.63) is 62.2 Å². The minimum atomic E-state index is -0.588. The van der Waals surface area contributed by atoms with Crippen molar-refractivity contribution in [3.8, 4) is 6.07 Å². The molecule has 3 heterocycles. The molecule has 0 bridgehead atoms. The van der Waals surface area contributed by atoms with Crippen LogP contribution in [0.25, 0.3) is 0 Å². The van der Waals surface area contributed by atoms with Gasteiger partial charge in [0.05, 0.1) is 23.1 Å². The molecule has 1 fully saturated rings. The van der Waals surface area contributed by atoms with E-state index in [0.29, 0.717) is 27.9 Å². The minimum Gasteiger partial charge on any atom is -0.384 e. The van der Waals surface area contributed by atoms with E-state index in [4.69, 9.17) is 17.3 Å². The van der Waals surface area contributed by atoms with Crippen LogP contribution in [-0.4, -0.2) is 23.1 Å². The van der Waals surface area contributed by atoms with Crippen molar-refractivity contribution in [2.45, 2.75) is 25.2 Å². The van der Waals surface area contributed by atoms with E-state index < -0.39 is 5.92 Å². The summed E-state index contributed by atoms with van der Waals surface area (Å²) in [5.41, 5.74) is 7.27. The number of halogens is 1. The zero-order valence-electron chi connectivity index (χ0n) is 14.6. The average molecular weight is 383 g/mol. The van der Waals surface area contributed by atoms with Crippen molar-refractivity contribution in [3.63, 3.8) is 0 Å². The number of fused-ring (bicyclic) bond motifs is 1. The lowest BCUT2D eigenvalue weighted by Gasteiger charge is -2.30. The molecule has 138 valence electrons. The minimum absolute atomic E-state index is 0.215. The SMILES string of the molecule is N#CC1=C(N)Nc2nc(N3CCCCC3)[nH]c(=O)c2C1c1ccc(Cl)cc1. The zero-order chi connectivity index (χ0) is 19.0. The maximum absolute atomic E-state index is 13.0. The summed E-state index contributed by atoms with van der Waals surface area (Å²) >= 11 is 5.99. The van der Waals surface area contributed by atoms with Gasteiger partial charge in [0.2, 0.25) is 5.95 Å². The van der Waals surface area contributed by atoms with Crippen molar-refractivity contribution in [1.29, 1.82) is 5.26 Å². The first-order valence-corrected chi connectivity index (χ1v) is 9.27. The number of aromatic amines is 1. The summed E-state index contributed by atoms with van der Waals surface area (Å²) in [6.45, 7) is 1.72. The highest BCUT2D eigenvalue weighted by Crippen LogP contribution is 2.38. The number of benzene rings is 1. The number of rotatable bonds is 2. The number of allylic oxidation sites excluding steroid dienone is 1. The zero-order valence-corrected chi connectivity index (χ0v) is 15.4. The molecule has 1 aromatic heterocycles. The fraction of sp³-hybridized carbons (Fsp3) is 0.316. The number of nitrogens with one attached hydrogen (secondary N) is 2. The molecule has 1 unspecified atom stereocenters. The maximum Gasteiger partial charge on any atom is 0.258 e. The van der Waals surface area contributed by atoms with E-state index in [2.05, 4.69) is 26.3 Å². The lowest BCUT2D eigenvalue weighted by atomic mass is 9.84. The Morgan fingerprint density at radius 2 is 1.93 bits per heavy atom. The topological polar surface area (TPSA) is 111 Å². The highest BCUT2D eigenvalue weighted by molar-refractivity contribution is 6.30. The van der Waals surface area contributed by atoms with Gasteiger partial charge in [-0.25, -0.2) is 0 Å². The molecule has 2 aliphatic heterocycles. The molecule has 2 aliphatic rings. The van der Waals surface area contributed by atoms with Gasteiger partial charge in [-0.05, 0) is 37.0 Å². The summed E-state index contributed by atoms with van der Waals surface area (Å²) in [4.78, 5) is 22.6. The molecule has 4 rings (SSSR count). The normalized spacial score (nSPS) is 19.3. The third-order valence-electron chi connectivity index (χ3n) is 5.04. The molecular weight excluding hydrogens is 364 g/mol. The molecule has 8 heteroatoms. The van der Waals surface area contributed by atoms with Gasteiger partial charge in [0.15, 0.2) is 0 Å². The molecule has 7 nitrogen and oxygen atoms in total. The third kappa shape index (κ3) is 3.13. The Morgan fingerprint density at radius 1 is 1.22 bits per heavy atom. The fourth-order valence-corrected chi connectivity index (χ4v) is 3.82. The molecule has 1 aromatic carbocycles. The molecule has 1 atom stereocenters. The Labute approximate surface area is 161 Å². The van der Waals surface area contributed by atoms with Crippen molar-refractivity contribution in [2.75, 3.05) is 23.3 Å². The van der Waals surface area contributed by atoms with Gasteiger partial charge in [0.1, 0.15) is 11.6 Å². The van der Waals surface area contributed by atoms with E-state index in [1.165, 1.54) is 6.42 Å². The number of nitrogens with zero attached hydrogens (tertiary/aromatic N) is 3. The van der Waals surface area contributed by atoms with Gasteiger partial charge in [0.25, 0.3) is 5.56 Å². The molecule has 0 radical (unpaired) electrons. The number of H-pyrrole nitrogens is 1. The van der Waals surface area contributed by atoms with Crippen LogP contribution in [0.3, 0.4) is 0 Å². The lowest BCUT2D eigenvalue weighted by molar-refractivity contribution is 0.567. The molecule has 0 amide bonds. The van der Waals surface area contributed by atoms with Crippen molar-refractivity contribution in [2.24, 2.45) is 5.73 Å². The van der Waals surface area contributed by atoms with Crippen LogP contribution in [0.15, 0.2) is 40.5 Å². The Kier molecular flexibility index (Phi) is 4.50. The number of nitrogens with two attached hydrogens (primary N) is 1. The Morgan fingerprint density at radius 3 is 2.59 bits per heavy atom. The van der Waals surface area contributed by atoms with Gasteiger partial charge in [-0.3, -0.25) is 9.78 Å². The van der Waals surface area contributed by atoms with E-state index in [0.717, 1.165) is 31.5 Å². The average Bonchev–Trinajstić information content (AvgIpc) is 2.68. The van der Waals surface area contributed by atoms with Gasteiger partial charge in [-0.15, -0.1) is 0 Å². The van der Waals surface area contributed by atoms with Crippen molar-refractivity contribution >= 4 is 23.4 Å². The summed E-state index contributed by atoms with van der Waals surface area (Å²) < 4.78 is 0. The summed E-state index contributed by atoms with van der Waals surface area (Å²) in [5.74, 6) is 0.563. The van der Waals surface area contributed by atoms with Crippen LogP contribution in [-0.2, 0) is 0 Å². The van der Waals surface area contributed by atoms with E-state index in [9.17, 15) is 10.1 Å². The second kappa shape index (κ2) is 6.97. The first kappa shape index (κ1) is 17.4. The number of hydrogen-bond donors (Lipinski definition) is 3. The number of piperidine rings is 1. The fourth-order valence-electron chi connectivity index (χ4n) is 3.70. The molecular formula is C19H19ClN6O. The second-order valence-corrected chi connectivity index (χ2v) is 7.18. The second-order valence-electron chi connectivity index (χ2n) is 6.75. The smallest absolute Gasteiger partial charge is 0.258 e. The summed E-state index contributed by atoms with van der Waals surface area (Å²) in [6.07, 6.45) is 3.33. The van der Waals surface area contributed by atoms with E-state index in [1.807, 2.05) is 0 Å². The molecule has 0 aliphatic carbocycles. The standard InChI is InChI=1S/C19H19ClN6O/c20-12-6-4-11(5-7-12)14-13(10-21)16(22)23-17-15(14)18(27)25-19(24-17)26-8-2-1-3-9-26/h4-7,14H,1-3,8-9,22H2,(H2,23,24,25,27). The van der Waals surface area contributed by atoms with Crippen LogP contribution >= 0.6 is 11.6 Å². The molecule has 4 N–H and O–H groups in total. The first-order chi connectivity index (χ1) is 13.1. The van der Waals surface area contributed by atoms with Crippen molar-refractivity contribution < 1.29 is 0 Å². The van der Waals surface area contributed by atoms with Crippen LogP contribution in [0.5, 0.6) is 0 Å². The summed E-state index contributed by atoms with van der Waals surface area (Å²) in [7, 11) is 0. The van der Waals surface area contributed by atoms with Gasteiger partial charge < -0.3 is 16.0 Å². The van der Waals surface area contributed by atoms with Gasteiger partial charge >= 0.3 is 0 Å². The highest BCUT2D eigenvalue weighted by atomic mass is 35.5. The van der Waals surface area contributed by atoms with Crippen LogP contribution < -0.4 is 21.5 Å². The maximum atomic E-state index is 13.0. The Bertz CT molecular complexity index is 998. The molecule has 1 saturated heterocycles. The summed E-state index contributed by atoms with van der Waals surface area (Å²) in [6, 6.07) is 9.18. The van der Waals surface area contributed by atoms with Crippen LogP contribution in [0.2, 0.25) is 5.02 Å². The third-order valence-corrected chi connectivity index (χ3v) is 5.29. The van der Waals surface area contributed by atoms with E-state index in [1.54, 1.807) is 24.3 Å². The number of anilines is 2.